The second kappa shape index (κ2) is 9.38. The molecule has 1 saturated heterocycles. The Morgan fingerprint density at radius 2 is 1.82 bits per heavy atom. The topological polar surface area (TPSA) is 90.2 Å². The Balaban J connectivity index is 1.62. The summed E-state index contributed by atoms with van der Waals surface area (Å²) in [5.41, 5.74) is 1.31. The number of thiazole rings is 1. The van der Waals surface area contributed by atoms with Gasteiger partial charge in [-0.25, -0.2) is 8.42 Å². The van der Waals surface area contributed by atoms with E-state index in [2.05, 4.69) is 4.99 Å². The van der Waals surface area contributed by atoms with Crippen molar-refractivity contribution in [1.82, 2.24) is 8.87 Å². The van der Waals surface area contributed by atoms with E-state index in [1.165, 1.54) is 39.9 Å². The summed E-state index contributed by atoms with van der Waals surface area (Å²) in [4.78, 5) is 17.9. The molecule has 10 heteroatoms. The van der Waals surface area contributed by atoms with Crippen LogP contribution in [0.3, 0.4) is 0 Å². The van der Waals surface area contributed by atoms with E-state index in [-0.39, 0.29) is 17.1 Å². The molecule has 0 radical (unpaired) electrons. The fourth-order valence-electron chi connectivity index (χ4n) is 3.97. The summed E-state index contributed by atoms with van der Waals surface area (Å²) in [7, 11) is -2.05. The second-order valence-corrected chi connectivity index (χ2v) is 10.9. The van der Waals surface area contributed by atoms with Crippen LogP contribution in [0.25, 0.3) is 10.2 Å². The first-order chi connectivity index (χ1) is 15.7. The lowest BCUT2D eigenvalue weighted by Crippen LogP contribution is -2.48. The van der Waals surface area contributed by atoms with Gasteiger partial charge in [0.25, 0.3) is 5.91 Å². The van der Waals surface area contributed by atoms with Crippen molar-refractivity contribution in [1.29, 1.82) is 0 Å². The minimum Gasteiger partial charge on any atom is -0.497 e. The number of hydrogen-bond acceptors (Lipinski definition) is 6. The number of rotatable bonds is 5. The van der Waals surface area contributed by atoms with Gasteiger partial charge in [0.15, 0.2) is 4.80 Å². The molecule has 2 heterocycles. The van der Waals surface area contributed by atoms with Crippen molar-refractivity contribution in [3.63, 3.8) is 0 Å². The van der Waals surface area contributed by atoms with E-state index in [0.29, 0.717) is 30.0 Å². The van der Waals surface area contributed by atoms with Crippen LogP contribution in [0.15, 0.2) is 52.4 Å². The summed E-state index contributed by atoms with van der Waals surface area (Å²) in [6.45, 7) is 6.97. The number of morpholine rings is 1. The molecule has 176 valence electrons. The number of fused-ring (bicyclic) bond motifs is 1. The van der Waals surface area contributed by atoms with Crippen LogP contribution < -0.4 is 9.54 Å². The first-order valence-electron chi connectivity index (χ1n) is 10.7. The standard InChI is InChI=1S/C23H27N3O5S2/c1-5-26-20-11-8-18(30-4)12-21(20)32-23(26)24-22(27)17-6-9-19(10-7-17)33(28,29)25-13-15(2)31-16(3)14-25/h6-12,15-16H,5,13-14H2,1-4H3. The molecule has 1 amide bonds. The number of carbonyl (C=O) groups excluding carboxylic acids is 1. The molecular formula is C23H27N3O5S2. The van der Waals surface area contributed by atoms with E-state index < -0.39 is 15.9 Å². The number of nitrogens with zero attached hydrogens (tertiary/aromatic N) is 3. The Morgan fingerprint density at radius 3 is 2.42 bits per heavy atom. The molecule has 0 spiro atoms. The fraction of sp³-hybridized carbons (Fsp3) is 0.391. The summed E-state index contributed by atoms with van der Waals surface area (Å²) >= 11 is 1.41. The first kappa shape index (κ1) is 23.6. The second-order valence-electron chi connectivity index (χ2n) is 7.98. The summed E-state index contributed by atoms with van der Waals surface area (Å²) < 4.78 is 41.4. The van der Waals surface area contributed by atoms with Gasteiger partial charge in [-0.2, -0.15) is 9.30 Å². The normalized spacial score (nSPS) is 20.3. The molecule has 1 aliphatic rings. The molecule has 0 bridgehead atoms. The van der Waals surface area contributed by atoms with Crippen molar-refractivity contribution in [3.8, 4) is 5.75 Å². The van der Waals surface area contributed by atoms with Gasteiger partial charge in [-0.05, 0) is 63.2 Å². The lowest BCUT2D eigenvalue weighted by Gasteiger charge is -2.34. The third kappa shape index (κ3) is 4.74. The van der Waals surface area contributed by atoms with Gasteiger partial charge in [0.05, 0.1) is 34.4 Å². The maximum atomic E-state index is 13.0. The zero-order valence-corrected chi connectivity index (χ0v) is 20.6. The molecule has 3 aromatic rings. The predicted molar refractivity (Wildman–Crippen MR) is 127 cm³/mol. The van der Waals surface area contributed by atoms with Crippen molar-refractivity contribution in [2.45, 2.75) is 44.4 Å². The van der Waals surface area contributed by atoms with E-state index in [1.807, 2.05) is 43.5 Å². The Kier molecular flexibility index (Phi) is 6.71. The van der Waals surface area contributed by atoms with Crippen LogP contribution in [0.1, 0.15) is 31.1 Å². The highest BCUT2D eigenvalue weighted by molar-refractivity contribution is 7.89. The molecule has 1 aliphatic heterocycles. The van der Waals surface area contributed by atoms with Crippen LogP contribution in [0, 0.1) is 0 Å². The van der Waals surface area contributed by atoms with E-state index in [4.69, 9.17) is 9.47 Å². The Morgan fingerprint density at radius 1 is 1.15 bits per heavy atom. The summed E-state index contributed by atoms with van der Waals surface area (Å²) in [5.74, 6) is 0.319. The lowest BCUT2D eigenvalue weighted by molar-refractivity contribution is -0.0440. The summed E-state index contributed by atoms with van der Waals surface area (Å²) in [6, 6.07) is 11.7. The molecule has 2 unspecified atom stereocenters. The van der Waals surface area contributed by atoms with Crippen molar-refractivity contribution in [2.75, 3.05) is 20.2 Å². The highest BCUT2D eigenvalue weighted by Crippen LogP contribution is 2.24. The molecule has 4 rings (SSSR count). The van der Waals surface area contributed by atoms with Gasteiger partial charge in [-0.3, -0.25) is 4.79 Å². The number of hydrogen-bond donors (Lipinski definition) is 0. The zero-order chi connectivity index (χ0) is 23.8. The van der Waals surface area contributed by atoms with Gasteiger partial charge in [0.2, 0.25) is 10.0 Å². The van der Waals surface area contributed by atoms with Crippen LogP contribution in [0.4, 0.5) is 0 Å². The van der Waals surface area contributed by atoms with Crippen molar-refractivity contribution >= 4 is 37.5 Å². The lowest BCUT2D eigenvalue weighted by atomic mass is 10.2. The van der Waals surface area contributed by atoms with Gasteiger partial charge in [-0.15, -0.1) is 0 Å². The average Bonchev–Trinajstić information content (AvgIpc) is 3.14. The molecule has 1 fully saturated rings. The molecule has 0 aliphatic carbocycles. The first-order valence-corrected chi connectivity index (χ1v) is 13.0. The van der Waals surface area contributed by atoms with E-state index in [1.54, 1.807) is 7.11 Å². The molecule has 2 atom stereocenters. The third-order valence-corrected chi connectivity index (χ3v) is 8.42. The van der Waals surface area contributed by atoms with Gasteiger partial charge in [0.1, 0.15) is 5.75 Å². The highest BCUT2D eigenvalue weighted by atomic mass is 32.2. The third-order valence-electron chi connectivity index (χ3n) is 5.53. The number of aromatic nitrogens is 1. The molecule has 33 heavy (non-hydrogen) atoms. The minimum absolute atomic E-state index is 0.151. The smallest absolute Gasteiger partial charge is 0.279 e. The Labute approximate surface area is 197 Å². The van der Waals surface area contributed by atoms with Crippen molar-refractivity contribution in [2.24, 2.45) is 4.99 Å². The van der Waals surface area contributed by atoms with Crippen molar-refractivity contribution < 1.29 is 22.7 Å². The van der Waals surface area contributed by atoms with Crippen LogP contribution in [0.5, 0.6) is 5.75 Å². The summed E-state index contributed by atoms with van der Waals surface area (Å²) in [6.07, 6.45) is -0.343. The Bertz CT molecular complexity index is 1330. The number of methoxy groups -OCH3 is 1. The van der Waals surface area contributed by atoms with Crippen LogP contribution in [0.2, 0.25) is 0 Å². The highest BCUT2D eigenvalue weighted by Gasteiger charge is 2.32. The quantitative estimate of drug-likeness (QED) is 0.549. The summed E-state index contributed by atoms with van der Waals surface area (Å²) in [5, 5.41) is 0. The van der Waals surface area contributed by atoms with Crippen LogP contribution in [-0.4, -0.2) is 55.6 Å². The largest absolute Gasteiger partial charge is 0.497 e. The number of benzene rings is 2. The van der Waals surface area contributed by atoms with Gasteiger partial charge in [0, 0.05) is 25.2 Å². The maximum absolute atomic E-state index is 13.0. The van der Waals surface area contributed by atoms with E-state index in [9.17, 15) is 13.2 Å². The number of amides is 1. The average molecular weight is 490 g/mol. The molecule has 1 aromatic heterocycles. The predicted octanol–water partition coefficient (Wildman–Crippen LogP) is 3.27. The fourth-order valence-corrected chi connectivity index (χ4v) is 6.68. The molecule has 8 nitrogen and oxygen atoms in total. The van der Waals surface area contributed by atoms with Crippen LogP contribution in [-0.2, 0) is 21.3 Å². The number of ether oxygens (including phenoxy) is 2. The monoisotopic (exact) mass is 489 g/mol. The van der Waals surface area contributed by atoms with E-state index in [0.717, 1.165) is 16.0 Å². The van der Waals surface area contributed by atoms with Gasteiger partial charge < -0.3 is 14.0 Å². The number of sulfonamides is 1. The van der Waals surface area contributed by atoms with Crippen molar-refractivity contribution in [3.05, 3.63) is 52.8 Å². The maximum Gasteiger partial charge on any atom is 0.279 e. The molecular weight excluding hydrogens is 462 g/mol. The SMILES string of the molecule is CCn1c(=NC(=O)c2ccc(S(=O)(=O)N3CC(C)OC(C)C3)cc2)sc2cc(OC)ccc21. The molecule has 0 N–H and O–H groups in total. The minimum atomic E-state index is -3.67. The number of carbonyl (C=O) groups is 1. The molecule has 0 saturated carbocycles. The zero-order valence-electron chi connectivity index (χ0n) is 19.0. The molecule has 2 aromatic carbocycles. The number of aryl methyl sites for hydroxylation is 1. The van der Waals surface area contributed by atoms with E-state index >= 15 is 0 Å². The Hall–Kier alpha value is -2.53. The van der Waals surface area contributed by atoms with Gasteiger partial charge in [-0.1, -0.05) is 11.3 Å². The van der Waals surface area contributed by atoms with Crippen LogP contribution >= 0.6 is 11.3 Å². The van der Waals surface area contributed by atoms with Gasteiger partial charge >= 0.3 is 0 Å².